The highest BCUT2D eigenvalue weighted by Gasteiger charge is 2.07. The first-order chi connectivity index (χ1) is 8.19. The maximum Gasteiger partial charge on any atom is 0.147 e. The van der Waals surface area contributed by atoms with Crippen LogP contribution in [0.2, 0.25) is 0 Å². The quantitative estimate of drug-likeness (QED) is 0.566. The highest BCUT2D eigenvalue weighted by atomic mass is 32.1. The molecule has 0 aliphatic carbocycles. The van der Waals surface area contributed by atoms with Gasteiger partial charge in [0.2, 0.25) is 0 Å². The number of halogens is 2. The summed E-state index contributed by atoms with van der Waals surface area (Å²) in [6.07, 6.45) is 4.56. The summed E-state index contributed by atoms with van der Waals surface area (Å²) in [5, 5.41) is 4.28. The predicted octanol–water partition coefficient (Wildman–Crippen LogP) is 4.47. The van der Waals surface area contributed by atoms with E-state index in [-0.39, 0.29) is 11.3 Å². The molecular weight excluding hydrogens is 240 g/mol. The van der Waals surface area contributed by atoms with Crippen LogP contribution in [0.25, 0.3) is 6.08 Å². The number of hydrogen-bond donors (Lipinski definition) is 2. The van der Waals surface area contributed by atoms with E-state index < -0.39 is 11.6 Å². The second-order valence-corrected chi connectivity index (χ2v) is 4.10. The molecule has 0 fully saturated rings. The molecule has 4 heteroatoms. The van der Waals surface area contributed by atoms with Gasteiger partial charge in [0.05, 0.1) is 5.69 Å². The highest BCUT2D eigenvalue weighted by Crippen LogP contribution is 2.20. The van der Waals surface area contributed by atoms with E-state index >= 15 is 0 Å². The standard InChI is InChI=1S/C13H17F2NS/c1-2-3-4-6-16-13-9-11(14)10(5-7-17)8-12(13)15/h5,7-9,16-17H,2-4,6H2,1H3/b7-5+. The summed E-state index contributed by atoms with van der Waals surface area (Å²) in [6, 6.07) is 2.36. The van der Waals surface area contributed by atoms with Gasteiger partial charge in [-0.15, -0.1) is 0 Å². The summed E-state index contributed by atoms with van der Waals surface area (Å²) in [6.45, 7) is 2.75. The Morgan fingerprint density at radius 3 is 2.65 bits per heavy atom. The summed E-state index contributed by atoms with van der Waals surface area (Å²) in [5.41, 5.74) is 0.423. The Labute approximate surface area is 106 Å². The maximum atomic E-state index is 13.6. The van der Waals surface area contributed by atoms with E-state index in [1.165, 1.54) is 23.6 Å². The van der Waals surface area contributed by atoms with Crippen molar-refractivity contribution in [2.75, 3.05) is 11.9 Å². The third-order valence-electron chi connectivity index (χ3n) is 2.44. The van der Waals surface area contributed by atoms with Crippen LogP contribution >= 0.6 is 12.6 Å². The van der Waals surface area contributed by atoms with Crippen LogP contribution in [0.5, 0.6) is 0 Å². The number of benzene rings is 1. The zero-order valence-corrected chi connectivity index (χ0v) is 10.7. The first-order valence-corrected chi connectivity index (χ1v) is 6.24. The van der Waals surface area contributed by atoms with Gasteiger partial charge in [-0.05, 0) is 24.0 Å². The maximum absolute atomic E-state index is 13.6. The molecular formula is C13H17F2NS. The average molecular weight is 257 g/mol. The third kappa shape index (κ3) is 4.38. The number of unbranched alkanes of at least 4 members (excludes halogenated alkanes) is 2. The fraction of sp³-hybridized carbons (Fsp3) is 0.385. The van der Waals surface area contributed by atoms with Gasteiger partial charge in [0.1, 0.15) is 11.6 Å². The van der Waals surface area contributed by atoms with E-state index in [0.29, 0.717) is 6.54 Å². The zero-order valence-electron chi connectivity index (χ0n) is 9.84. The van der Waals surface area contributed by atoms with E-state index in [1.54, 1.807) is 0 Å². The molecule has 1 aromatic carbocycles. The lowest BCUT2D eigenvalue weighted by Crippen LogP contribution is -2.04. The molecule has 0 atom stereocenters. The number of nitrogens with one attached hydrogen (secondary N) is 1. The van der Waals surface area contributed by atoms with Gasteiger partial charge < -0.3 is 5.32 Å². The largest absolute Gasteiger partial charge is 0.383 e. The van der Waals surface area contributed by atoms with Gasteiger partial charge in [0.25, 0.3) is 0 Å². The number of anilines is 1. The number of hydrogen-bond acceptors (Lipinski definition) is 2. The van der Waals surface area contributed by atoms with E-state index in [2.05, 4.69) is 24.9 Å². The van der Waals surface area contributed by atoms with Crippen molar-refractivity contribution in [3.8, 4) is 0 Å². The van der Waals surface area contributed by atoms with Crippen LogP contribution in [-0.2, 0) is 0 Å². The predicted molar refractivity (Wildman–Crippen MR) is 72.4 cm³/mol. The molecule has 0 saturated carbocycles. The van der Waals surface area contributed by atoms with E-state index in [0.717, 1.165) is 19.3 Å². The van der Waals surface area contributed by atoms with Gasteiger partial charge in [-0.25, -0.2) is 8.78 Å². The third-order valence-corrected chi connectivity index (χ3v) is 2.59. The molecule has 1 aromatic rings. The molecule has 17 heavy (non-hydrogen) atoms. The topological polar surface area (TPSA) is 12.0 Å². The van der Waals surface area contributed by atoms with E-state index in [4.69, 9.17) is 0 Å². The van der Waals surface area contributed by atoms with Gasteiger partial charge in [0, 0.05) is 18.2 Å². The fourth-order valence-corrected chi connectivity index (χ4v) is 1.66. The fourth-order valence-electron chi connectivity index (χ4n) is 1.50. The van der Waals surface area contributed by atoms with Crippen molar-refractivity contribution < 1.29 is 8.78 Å². The summed E-state index contributed by atoms with van der Waals surface area (Å²) < 4.78 is 27.1. The Morgan fingerprint density at radius 2 is 2.00 bits per heavy atom. The Bertz CT molecular complexity index is 391. The molecule has 1 N–H and O–H groups in total. The highest BCUT2D eigenvalue weighted by molar-refractivity contribution is 7.83. The summed E-state index contributed by atoms with van der Waals surface area (Å²) in [5.74, 6) is -0.890. The van der Waals surface area contributed by atoms with E-state index in [9.17, 15) is 8.78 Å². The molecule has 0 heterocycles. The second kappa shape index (κ2) is 7.33. The lowest BCUT2D eigenvalue weighted by atomic mass is 10.1. The molecule has 0 spiro atoms. The Kier molecular flexibility index (Phi) is 6.05. The molecule has 0 amide bonds. The molecule has 0 aliphatic heterocycles. The minimum atomic E-state index is -0.449. The molecule has 94 valence electrons. The first kappa shape index (κ1) is 14.0. The van der Waals surface area contributed by atoms with Gasteiger partial charge in [-0.2, -0.15) is 12.6 Å². The Morgan fingerprint density at radius 1 is 1.24 bits per heavy atom. The number of rotatable bonds is 6. The summed E-state index contributed by atoms with van der Waals surface area (Å²) in [7, 11) is 0. The molecule has 0 aliphatic rings. The average Bonchev–Trinajstić information content (AvgIpc) is 2.30. The van der Waals surface area contributed by atoms with Crippen LogP contribution in [0.15, 0.2) is 17.5 Å². The van der Waals surface area contributed by atoms with Crippen LogP contribution in [0, 0.1) is 11.6 Å². The normalized spacial score (nSPS) is 11.1. The Balaban J connectivity index is 2.70. The van der Waals surface area contributed by atoms with Crippen molar-refractivity contribution in [1.82, 2.24) is 0 Å². The van der Waals surface area contributed by atoms with Crippen molar-refractivity contribution in [3.05, 3.63) is 34.7 Å². The van der Waals surface area contributed by atoms with Crippen molar-refractivity contribution in [2.24, 2.45) is 0 Å². The summed E-state index contributed by atoms with van der Waals surface area (Å²) >= 11 is 3.83. The lowest BCUT2D eigenvalue weighted by molar-refractivity contribution is 0.599. The lowest BCUT2D eigenvalue weighted by Gasteiger charge is -2.08. The van der Waals surface area contributed by atoms with Crippen molar-refractivity contribution in [1.29, 1.82) is 0 Å². The van der Waals surface area contributed by atoms with Gasteiger partial charge >= 0.3 is 0 Å². The van der Waals surface area contributed by atoms with Gasteiger partial charge in [0.15, 0.2) is 0 Å². The Hall–Kier alpha value is -1.03. The first-order valence-electron chi connectivity index (χ1n) is 5.72. The molecule has 1 nitrogen and oxygen atoms in total. The van der Waals surface area contributed by atoms with Gasteiger partial charge in [-0.3, -0.25) is 0 Å². The minimum Gasteiger partial charge on any atom is -0.383 e. The second-order valence-electron chi connectivity index (χ2n) is 3.80. The minimum absolute atomic E-state index is 0.205. The van der Waals surface area contributed by atoms with Crippen LogP contribution in [0.3, 0.4) is 0 Å². The van der Waals surface area contributed by atoms with Crippen LogP contribution in [-0.4, -0.2) is 6.54 Å². The SMILES string of the molecule is CCCCCNc1cc(F)c(/C=C/S)cc1F. The molecule has 0 aromatic heterocycles. The molecule has 0 radical (unpaired) electrons. The van der Waals surface area contributed by atoms with Gasteiger partial charge in [-0.1, -0.05) is 19.8 Å². The van der Waals surface area contributed by atoms with Crippen LogP contribution in [0.4, 0.5) is 14.5 Å². The smallest absolute Gasteiger partial charge is 0.147 e. The zero-order chi connectivity index (χ0) is 12.7. The number of thiol groups is 1. The van der Waals surface area contributed by atoms with Crippen molar-refractivity contribution in [2.45, 2.75) is 26.2 Å². The van der Waals surface area contributed by atoms with Crippen molar-refractivity contribution in [3.63, 3.8) is 0 Å². The molecule has 0 bridgehead atoms. The van der Waals surface area contributed by atoms with E-state index in [1.807, 2.05) is 0 Å². The van der Waals surface area contributed by atoms with Crippen molar-refractivity contribution >= 4 is 24.4 Å². The van der Waals surface area contributed by atoms with Crippen LogP contribution in [0.1, 0.15) is 31.7 Å². The van der Waals surface area contributed by atoms with Crippen LogP contribution < -0.4 is 5.32 Å². The molecule has 0 saturated heterocycles. The molecule has 0 unspecified atom stereocenters. The molecule has 1 rings (SSSR count). The summed E-state index contributed by atoms with van der Waals surface area (Å²) in [4.78, 5) is 0. The monoisotopic (exact) mass is 257 g/mol.